The summed E-state index contributed by atoms with van der Waals surface area (Å²) in [5.41, 5.74) is 0. The van der Waals surface area contributed by atoms with E-state index >= 15 is 0 Å². The third-order valence-electron chi connectivity index (χ3n) is 2.25. The fourth-order valence-electron chi connectivity index (χ4n) is 1.32. The lowest BCUT2D eigenvalue weighted by atomic mass is 10.1. The van der Waals surface area contributed by atoms with E-state index in [2.05, 4.69) is 16.0 Å². The van der Waals surface area contributed by atoms with Crippen molar-refractivity contribution in [2.75, 3.05) is 19.6 Å². The molecule has 0 saturated carbocycles. The minimum absolute atomic E-state index is 0.0108. The van der Waals surface area contributed by atoms with Crippen molar-refractivity contribution >= 4 is 11.8 Å². The van der Waals surface area contributed by atoms with Gasteiger partial charge >= 0.3 is 0 Å². The smallest absolute Gasteiger partial charge is 0.224 e. The van der Waals surface area contributed by atoms with Crippen LogP contribution in [0, 0.1) is 5.92 Å². The molecule has 0 aliphatic rings. The molecule has 0 aliphatic heterocycles. The molecule has 0 aliphatic carbocycles. The molecule has 0 aromatic carbocycles. The Hall–Kier alpha value is -1.10. The maximum Gasteiger partial charge on any atom is 0.224 e. The van der Waals surface area contributed by atoms with E-state index in [9.17, 15) is 9.59 Å². The minimum Gasteiger partial charge on any atom is -0.355 e. The van der Waals surface area contributed by atoms with Crippen LogP contribution in [-0.2, 0) is 9.59 Å². The van der Waals surface area contributed by atoms with Gasteiger partial charge in [0.2, 0.25) is 11.8 Å². The molecule has 0 aromatic rings. The van der Waals surface area contributed by atoms with E-state index in [1.54, 1.807) is 0 Å². The lowest BCUT2D eigenvalue weighted by molar-refractivity contribution is -0.124. The number of hydrogen-bond acceptors (Lipinski definition) is 3. The molecule has 0 aromatic heterocycles. The maximum atomic E-state index is 11.6. The standard InChI is InChI=1S/C12H25N3O2/c1-5-13-8-10(4)12(17)14-7-6-11(16)15-9(2)3/h9-10,13H,5-8H2,1-4H3,(H,14,17)(H,15,16). The van der Waals surface area contributed by atoms with Gasteiger partial charge in [-0.05, 0) is 20.4 Å². The summed E-state index contributed by atoms with van der Waals surface area (Å²) in [6.45, 7) is 9.61. The van der Waals surface area contributed by atoms with Crippen molar-refractivity contribution in [1.29, 1.82) is 0 Å². The fourth-order valence-corrected chi connectivity index (χ4v) is 1.32. The molecule has 17 heavy (non-hydrogen) atoms. The largest absolute Gasteiger partial charge is 0.355 e. The van der Waals surface area contributed by atoms with Crippen molar-refractivity contribution in [1.82, 2.24) is 16.0 Å². The van der Waals surface area contributed by atoms with Gasteiger partial charge in [0.1, 0.15) is 0 Å². The lowest BCUT2D eigenvalue weighted by Crippen LogP contribution is -2.38. The van der Waals surface area contributed by atoms with Gasteiger partial charge in [-0.2, -0.15) is 0 Å². The third-order valence-corrected chi connectivity index (χ3v) is 2.25. The van der Waals surface area contributed by atoms with E-state index in [0.717, 1.165) is 6.54 Å². The zero-order valence-corrected chi connectivity index (χ0v) is 11.3. The quantitative estimate of drug-likeness (QED) is 0.573. The summed E-state index contributed by atoms with van der Waals surface area (Å²) in [5, 5.41) is 8.65. The Morgan fingerprint density at radius 3 is 2.35 bits per heavy atom. The van der Waals surface area contributed by atoms with Gasteiger partial charge in [-0.15, -0.1) is 0 Å². The molecular weight excluding hydrogens is 218 g/mol. The Morgan fingerprint density at radius 2 is 1.82 bits per heavy atom. The van der Waals surface area contributed by atoms with E-state index < -0.39 is 0 Å². The van der Waals surface area contributed by atoms with Crippen LogP contribution < -0.4 is 16.0 Å². The second kappa shape index (κ2) is 8.98. The number of carbonyl (C=O) groups is 2. The molecule has 0 spiro atoms. The Kier molecular flexibility index (Phi) is 8.40. The Labute approximate surface area is 104 Å². The number of rotatable bonds is 8. The molecule has 0 radical (unpaired) electrons. The molecule has 0 heterocycles. The molecule has 1 unspecified atom stereocenters. The van der Waals surface area contributed by atoms with Gasteiger partial charge in [0.15, 0.2) is 0 Å². The highest BCUT2D eigenvalue weighted by atomic mass is 16.2. The van der Waals surface area contributed by atoms with Crippen LogP contribution in [0.3, 0.4) is 0 Å². The van der Waals surface area contributed by atoms with Crippen LogP contribution in [0.15, 0.2) is 0 Å². The molecule has 0 rings (SSSR count). The zero-order chi connectivity index (χ0) is 13.3. The normalized spacial score (nSPS) is 12.3. The second-order valence-corrected chi connectivity index (χ2v) is 4.47. The van der Waals surface area contributed by atoms with Gasteiger partial charge < -0.3 is 16.0 Å². The average Bonchev–Trinajstić information content (AvgIpc) is 2.24. The summed E-state index contributed by atoms with van der Waals surface area (Å²) < 4.78 is 0. The predicted molar refractivity (Wildman–Crippen MR) is 68.6 cm³/mol. The van der Waals surface area contributed by atoms with Crippen molar-refractivity contribution < 1.29 is 9.59 Å². The van der Waals surface area contributed by atoms with Crippen LogP contribution >= 0.6 is 0 Å². The molecule has 100 valence electrons. The van der Waals surface area contributed by atoms with Gasteiger partial charge in [0.05, 0.1) is 0 Å². The van der Waals surface area contributed by atoms with Crippen molar-refractivity contribution in [3.8, 4) is 0 Å². The van der Waals surface area contributed by atoms with E-state index in [-0.39, 0.29) is 23.8 Å². The van der Waals surface area contributed by atoms with Gasteiger partial charge in [0, 0.05) is 31.5 Å². The summed E-state index contributed by atoms with van der Waals surface area (Å²) in [6.07, 6.45) is 0.331. The SMILES string of the molecule is CCNCC(C)C(=O)NCCC(=O)NC(C)C. The Bertz CT molecular complexity index is 242. The van der Waals surface area contributed by atoms with Gasteiger partial charge in [-0.1, -0.05) is 13.8 Å². The molecule has 2 amide bonds. The first-order valence-corrected chi connectivity index (χ1v) is 6.25. The number of carbonyl (C=O) groups excluding carboxylic acids is 2. The average molecular weight is 243 g/mol. The number of amides is 2. The van der Waals surface area contributed by atoms with Gasteiger partial charge in [-0.3, -0.25) is 9.59 Å². The summed E-state index contributed by atoms with van der Waals surface area (Å²) >= 11 is 0. The first-order chi connectivity index (χ1) is 7.97. The van der Waals surface area contributed by atoms with Gasteiger partial charge in [-0.25, -0.2) is 0 Å². The van der Waals surface area contributed by atoms with E-state index in [0.29, 0.717) is 19.5 Å². The Balaban J connectivity index is 3.66. The van der Waals surface area contributed by atoms with Gasteiger partial charge in [0.25, 0.3) is 0 Å². The molecule has 0 fully saturated rings. The first-order valence-electron chi connectivity index (χ1n) is 6.25. The van der Waals surface area contributed by atoms with Crippen LogP contribution in [0.1, 0.15) is 34.1 Å². The van der Waals surface area contributed by atoms with Crippen molar-refractivity contribution in [3.05, 3.63) is 0 Å². The molecule has 0 saturated heterocycles. The molecular formula is C12H25N3O2. The minimum atomic E-state index is -0.0666. The van der Waals surface area contributed by atoms with Crippen molar-refractivity contribution in [3.63, 3.8) is 0 Å². The molecule has 1 atom stereocenters. The predicted octanol–water partition coefficient (Wildman–Crippen LogP) is 0.263. The highest BCUT2D eigenvalue weighted by molar-refractivity contribution is 5.80. The first kappa shape index (κ1) is 15.9. The second-order valence-electron chi connectivity index (χ2n) is 4.47. The molecule has 0 bridgehead atoms. The molecule has 5 nitrogen and oxygen atoms in total. The number of nitrogens with one attached hydrogen (secondary N) is 3. The van der Waals surface area contributed by atoms with Crippen LogP contribution in [0.25, 0.3) is 0 Å². The third kappa shape index (κ3) is 8.68. The van der Waals surface area contributed by atoms with E-state index in [1.807, 2.05) is 27.7 Å². The highest BCUT2D eigenvalue weighted by Gasteiger charge is 2.12. The summed E-state index contributed by atoms with van der Waals surface area (Å²) in [4.78, 5) is 22.9. The zero-order valence-electron chi connectivity index (χ0n) is 11.3. The van der Waals surface area contributed by atoms with Crippen LogP contribution in [0.2, 0.25) is 0 Å². The summed E-state index contributed by atoms with van der Waals surface area (Å²) in [6, 6.07) is 0.144. The van der Waals surface area contributed by atoms with Crippen LogP contribution in [0.5, 0.6) is 0 Å². The fraction of sp³-hybridized carbons (Fsp3) is 0.833. The summed E-state index contributed by atoms with van der Waals surface area (Å²) in [7, 11) is 0. The van der Waals surface area contributed by atoms with Crippen LogP contribution in [-0.4, -0.2) is 37.5 Å². The Morgan fingerprint density at radius 1 is 1.18 bits per heavy atom. The molecule has 3 N–H and O–H groups in total. The van der Waals surface area contributed by atoms with Crippen molar-refractivity contribution in [2.45, 2.75) is 40.2 Å². The number of hydrogen-bond donors (Lipinski definition) is 3. The van der Waals surface area contributed by atoms with Crippen molar-refractivity contribution in [2.24, 2.45) is 5.92 Å². The van der Waals surface area contributed by atoms with E-state index in [1.165, 1.54) is 0 Å². The summed E-state index contributed by atoms with van der Waals surface area (Å²) in [5.74, 6) is -0.106. The van der Waals surface area contributed by atoms with E-state index in [4.69, 9.17) is 0 Å². The molecule has 5 heteroatoms. The highest BCUT2D eigenvalue weighted by Crippen LogP contribution is 1.92. The van der Waals surface area contributed by atoms with Crippen LogP contribution in [0.4, 0.5) is 0 Å². The maximum absolute atomic E-state index is 11.6. The lowest BCUT2D eigenvalue weighted by Gasteiger charge is -2.13. The monoisotopic (exact) mass is 243 g/mol. The topological polar surface area (TPSA) is 70.2 Å².